The fourth-order valence-electron chi connectivity index (χ4n) is 4.47. The lowest BCUT2D eigenvalue weighted by Gasteiger charge is -2.32. The largest absolute Gasteiger partial charge is 0.496 e. The molecule has 9 heteroatoms. The molecule has 190 valence electrons. The van der Waals surface area contributed by atoms with Crippen molar-refractivity contribution in [1.29, 1.82) is 0 Å². The number of aryl methyl sites for hydroxylation is 2. The minimum absolute atomic E-state index is 0.0630. The van der Waals surface area contributed by atoms with Crippen LogP contribution in [0.2, 0.25) is 5.02 Å². The molecule has 4 rings (SSSR count). The molecule has 36 heavy (non-hydrogen) atoms. The highest BCUT2D eigenvalue weighted by molar-refractivity contribution is 7.86. The maximum atomic E-state index is 13.9. The van der Waals surface area contributed by atoms with E-state index < -0.39 is 10.1 Å². The van der Waals surface area contributed by atoms with E-state index in [9.17, 15) is 13.2 Å². The van der Waals surface area contributed by atoms with Crippen molar-refractivity contribution in [3.05, 3.63) is 82.4 Å². The van der Waals surface area contributed by atoms with Gasteiger partial charge in [0.25, 0.3) is 16.0 Å². The predicted molar refractivity (Wildman–Crippen MR) is 141 cm³/mol. The molecule has 1 amide bonds. The number of anilines is 2. The molecule has 0 aromatic heterocycles. The van der Waals surface area contributed by atoms with Crippen LogP contribution in [-0.4, -0.2) is 34.1 Å². The van der Waals surface area contributed by atoms with Gasteiger partial charge in [0.2, 0.25) is 0 Å². The van der Waals surface area contributed by atoms with E-state index in [1.165, 1.54) is 19.2 Å². The van der Waals surface area contributed by atoms with Crippen LogP contribution in [0.25, 0.3) is 0 Å². The Morgan fingerprint density at radius 1 is 1.11 bits per heavy atom. The summed E-state index contributed by atoms with van der Waals surface area (Å²) in [5, 5.41) is 0.595. The van der Waals surface area contributed by atoms with E-state index in [-0.39, 0.29) is 23.5 Å². The third kappa shape index (κ3) is 5.67. The molecule has 2 N–H and O–H groups in total. The Hall–Kier alpha value is -3.07. The SMILES string of the molecule is COc1cc(N)ccc1C(=O)N1c2ccc(Cl)cc2CCCC1CCOS(=O)(=O)c1ccc(C)cc1. The molecular formula is C27H29ClN2O5S. The summed E-state index contributed by atoms with van der Waals surface area (Å²) in [7, 11) is -2.42. The average molecular weight is 529 g/mol. The zero-order valence-electron chi connectivity index (χ0n) is 20.2. The number of nitrogen functional groups attached to an aromatic ring is 1. The van der Waals surface area contributed by atoms with Gasteiger partial charge < -0.3 is 15.4 Å². The van der Waals surface area contributed by atoms with Crippen molar-refractivity contribution in [2.45, 2.75) is 43.5 Å². The van der Waals surface area contributed by atoms with Crippen LogP contribution in [0.5, 0.6) is 5.75 Å². The van der Waals surface area contributed by atoms with Crippen molar-refractivity contribution in [3.8, 4) is 5.75 Å². The number of fused-ring (bicyclic) bond motifs is 1. The van der Waals surface area contributed by atoms with Gasteiger partial charge in [-0.25, -0.2) is 0 Å². The molecule has 7 nitrogen and oxygen atoms in total. The molecule has 3 aromatic rings. The smallest absolute Gasteiger partial charge is 0.296 e. The lowest BCUT2D eigenvalue weighted by molar-refractivity contribution is 0.0969. The quantitative estimate of drug-likeness (QED) is 0.326. The van der Waals surface area contributed by atoms with Gasteiger partial charge in [0.15, 0.2) is 0 Å². The van der Waals surface area contributed by atoms with E-state index in [1.807, 2.05) is 19.1 Å². The second-order valence-electron chi connectivity index (χ2n) is 8.83. The second kappa shape index (κ2) is 10.9. The van der Waals surface area contributed by atoms with E-state index in [1.54, 1.807) is 41.3 Å². The molecule has 0 spiro atoms. The zero-order chi connectivity index (χ0) is 25.9. The molecule has 1 aliphatic heterocycles. The second-order valence-corrected chi connectivity index (χ2v) is 10.9. The molecule has 0 aliphatic carbocycles. The maximum Gasteiger partial charge on any atom is 0.296 e. The van der Waals surface area contributed by atoms with Crippen LogP contribution in [0.1, 0.15) is 40.7 Å². The minimum Gasteiger partial charge on any atom is -0.496 e. The van der Waals surface area contributed by atoms with Crippen LogP contribution in [-0.2, 0) is 20.7 Å². The van der Waals surface area contributed by atoms with E-state index in [2.05, 4.69) is 0 Å². The first-order valence-electron chi connectivity index (χ1n) is 11.7. The number of carbonyl (C=O) groups excluding carboxylic acids is 1. The van der Waals surface area contributed by atoms with Gasteiger partial charge in [-0.3, -0.25) is 8.98 Å². The number of nitrogens with zero attached hydrogens (tertiary/aromatic N) is 1. The summed E-state index contributed by atoms with van der Waals surface area (Å²) < 4.78 is 36.2. The van der Waals surface area contributed by atoms with Crippen molar-refractivity contribution in [1.82, 2.24) is 0 Å². The fourth-order valence-corrected chi connectivity index (χ4v) is 5.59. The average Bonchev–Trinajstić information content (AvgIpc) is 3.02. The van der Waals surface area contributed by atoms with Gasteiger partial charge in [-0.1, -0.05) is 29.3 Å². The summed E-state index contributed by atoms with van der Waals surface area (Å²) in [4.78, 5) is 15.8. The summed E-state index contributed by atoms with van der Waals surface area (Å²) >= 11 is 6.25. The molecule has 1 heterocycles. The van der Waals surface area contributed by atoms with Gasteiger partial charge in [-0.05, 0) is 80.6 Å². The minimum atomic E-state index is -3.91. The number of benzene rings is 3. The molecule has 3 aromatic carbocycles. The Morgan fingerprint density at radius 2 is 1.86 bits per heavy atom. The molecule has 0 bridgehead atoms. The normalized spacial score (nSPS) is 15.8. The van der Waals surface area contributed by atoms with Crippen molar-refractivity contribution in [2.24, 2.45) is 0 Å². The lowest BCUT2D eigenvalue weighted by Crippen LogP contribution is -2.41. The first-order valence-corrected chi connectivity index (χ1v) is 13.5. The Morgan fingerprint density at radius 3 is 2.58 bits per heavy atom. The molecule has 0 fully saturated rings. The summed E-state index contributed by atoms with van der Waals surface area (Å²) in [5.74, 6) is 0.112. The van der Waals surface area contributed by atoms with E-state index in [0.29, 0.717) is 34.9 Å². The van der Waals surface area contributed by atoms with Crippen LogP contribution < -0.4 is 15.4 Å². The Kier molecular flexibility index (Phi) is 7.88. The number of nitrogens with two attached hydrogens (primary N) is 1. The molecule has 0 radical (unpaired) electrons. The van der Waals surface area contributed by atoms with Crippen LogP contribution >= 0.6 is 11.6 Å². The maximum absolute atomic E-state index is 13.9. The van der Waals surface area contributed by atoms with Gasteiger partial charge in [0.05, 0.1) is 24.2 Å². The van der Waals surface area contributed by atoms with E-state index >= 15 is 0 Å². The number of ether oxygens (including phenoxy) is 1. The van der Waals surface area contributed by atoms with Gasteiger partial charge in [-0.15, -0.1) is 0 Å². The predicted octanol–water partition coefficient (Wildman–Crippen LogP) is 5.39. The first-order chi connectivity index (χ1) is 17.2. The number of hydrogen-bond donors (Lipinski definition) is 1. The molecule has 1 atom stereocenters. The molecular weight excluding hydrogens is 500 g/mol. The zero-order valence-corrected chi connectivity index (χ0v) is 21.8. The summed E-state index contributed by atoms with van der Waals surface area (Å²) in [6, 6.07) is 16.6. The first kappa shape index (κ1) is 26.0. The van der Waals surface area contributed by atoms with Crippen LogP contribution in [0.15, 0.2) is 65.6 Å². The highest BCUT2D eigenvalue weighted by Crippen LogP contribution is 2.35. The van der Waals surface area contributed by atoms with Gasteiger partial charge in [0.1, 0.15) is 5.75 Å². The number of halogens is 1. The Balaban J connectivity index is 1.63. The van der Waals surface area contributed by atoms with Crippen molar-refractivity contribution < 1.29 is 22.1 Å². The lowest BCUT2D eigenvalue weighted by atomic mass is 10.0. The number of methoxy groups -OCH3 is 1. The standard InChI is InChI=1S/C27H29ClN2O5S/c1-18-6-10-23(11-7-18)36(32,33)35-15-14-22-5-3-4-19-16-20(28)8-13-25(19)30(22)27(31)24-12-9-21(29)17-26(24)34-2/h6-13,16-17,22H,3-5,14-15,29H2,1-2H3. The fraction of sp³-hybridized carbons (Fsp3) is 0.296. The third-order valence-electron chi connectivity index (χ3n) is 6.32. The number of amides is 1. The van der Waals surface area contributed by atoms with Gasteiger partial charge >= 0.3 is 0 Å². The molecule has 0 saturated heterocycles. The molecule has 0 saturated carbocycles. The number of carbonyl (C=O) groups is 1. The third-order valence-corrected chi connectivity index (χ3v) is 7.89. The van der Waals surface area contributed by atoms with Crippen LogP contribution in [0.4, 0.5) is 11.4 Å². The van der Waals surface area contributed by atoms with E-state index in [0.717, 1.165) is 29.7 Å². The highest BCUT2D eigenvalue weighted by atomic mass is 35.5. The van der Waals surface area contributed by atoms with Crippen molar-refractivity contribution in [3.63, 3.8) is 0 Å². The van der Waals surface area contributed by atoms with Crippen molar-refractivity contribution in [2.75, 3.05) is 24.4 Å². The van der Waals surface area contributed by atoms with Gasteiger partial charge in [-0.2, -0.15) is 8.42 Å². The van der Waals surface area contributed by atoms with Crippen LogP contribution in [0, 0.1) is 6.92 Å². The summed E-state index contributed by atoms with van der Waals surface area (Å²) in [6.07, 6.45) is 2.56. The topological polar surface area (TPSA) is 98.9 Å². The Bertz CT molecular complexity index is 1360. The molecule has 1 unspecified atom stereocenters. The van der Waals surface area contributed by atoms with Crippen molar-refractivity contribution >= 4 is 39.0 Å². The number of hydrogen-bond acceptors (Lipinski definition) is 6. The van der Waals surface area contributed by atoms with Gasteiger partial charge in [0, 0.05) is 28.5 Å². The number of rotatable bonds is 7. The van der Waals surface area contributed by atoms with Crippen LogP contribution in [0.3, 0.4) is 0 Å². The Labute approximate surface area is 216 Å². The van der Waals surface area contributed by atoms with E-state index in [4.69, 9.17) is 26.3 Å². The highest BCUT2D eigenvalue weighted by Gasteiger charge is 2.32. The summed E-state index contributed by atoms with van der Waals surface area (Å²) in [6.45, 7) is 1.82. The summed E-state index contributed by atoms with van der Waals surface area (Å²) in [5.41, 5.74) is 9.41. The molecule has 1 aliphatic rings. The monoisotopic (exact) mass is 528 g/mol.